The number of hydrogen-bond acceptors (Lipinski definition) is 4. The van der Waals surface area contributed by atoms with E-state index in [4.69, 9.17) is 21.1 Å². The van der Waals surface area contributed by atoms with Crippen molar-refractivity contribution in [3.63, 3.8) is 0 Å². The van der Waals surface area contributed by atoms with E-state index in [9.17, 15) is 4.79 Å². The number of allylic oxidation sites excluding steroid dienone is 1. The molecule has 1 heterocycles. The number of aryl methyl sites for hydroxylation is 1. The Labute approximate surface area is 189 Å². The normalized spacial score (nSPS) is 16.5. The largest absolute Gasteiger partial charge is 0.495 e. The van der Waals surface area contributed by atoms with Gasteiger partial charge >= 0.3 is 0 Å². The SMILES string of the molecule is CNC(=O)C1CN(CC2=C(C)c3ccc(OCc4ccc(OC)c(Cl)c4)cc3CC2)C1. The molecule has 0 aromatic heterocycles. The van der Waals surface area contributed by atoms with Gasteiger partial charge in [-0.05, 0) is 66.3 Å². The fourth-order valence-electron chi connectivity index (χ4n) is 4.40. The number of hydrogen-bond donors (Lipinski definition) is 1. The lowest BCUT2D eigenvalue weighted by molar-refractivity contribution is -0.129. The van der Waals surface area contributed by atoms with E-state index in [1.54, 1.807) is 14.2 Å². The first-order valence-corrected chi connectivity index (χ1v) is 11.1. The second-order valence-electron chi connectivity index (χ2n) is 8.31. The van der Waals surface area contributed by atoms with Crippen molar-refractivity contribution in [2.24, 2.45) is 5.92 Å². The van der Waals surface area contributed by atoms with Crippen LogP contribution in [0.15, 0.2) is 42.0 Å². The molecule has 6 heteroatoms. The van der Waals surface area contributed by atoms with Crippen molar-refractivity contribution in [3.05, 3.63) is 63.7 Å². The summed E-state index contributed by atoms with van der Waals surface area (Å²) >= 11 is 6.21. The molecule has 0 unspecified atom stereocenters. The number of carbonyl (C=O) groups is 1. The fourth-order valence-corrected chi connectivity index (χ4v) is 4.68. The smallest absolute Gasteiger partial charge is 0.225 e. The third-order valence-electron chi connectivity index (χ3n) is 6.32. The maximum Gasteiger partial charge on any atom is 0.225 e. The number of halogens is 1. The first-order valence-electron chi connectivity index (χ1n) is 10.7. The highest BCUT2D eigenvalue weighted by Gasteiger charge is 2.32. The minimum Gasteiger partial charge on any atom is -0.495 e. The number of methoxy groups -OCH3 is 1. The van der Waals surface area contributed by atoms with Crippen LogP contribution in [0.1, 0.15) is 30.0 Å². The average molecular weight is 441 g/mol. The zero-order valence-corrected chi connectivity index (χ0v) is 19.1. The van der Waals surface area contributed by atoms with Gasteiger partial charge in [0.1, 0.15) is 18.1 Å². The second-order valence-corrected chi connectivity index (χ2v) is 8.72. The summed E-state index contributed by atoms with van der Waals surface area (Å²) in [5.41, 5.74) is 6.48. The number of ether oxygens (including phenoxy) is 2. The van der Waals surface area contributed by atoms with Crippen molar-refractivity contribution in [3.8, 4) is 11.5 Å². The van der Waals surface area contributed by atoms with Gasteiger partial charge in [-0.15, -0.1) is 0 Å². The number of fused-ring (bicyclic) bond motifs is 1. The summed E-state index contributed by atoms with van der Waals surface area (Å²) in [5, 5.41) is 3.33. The fraction of sp³-hybridized carbons (Fsp3) is 0.400. The topological polar surface area (TPSA) is 50.8 Å². The van der Waals surface area contributed by atoms with Crippen molar-refractivity contribution in [2.75, 3.05) is 33.8 Å². The van der Waals surface area contributed by atoms with E-state index in [-0.39, 0.29) is 11.8 Å². The molecule has 0 atom stereocenters. The van der Waals surface area contributed by atoms with Crippen LogP contribution in [-0.4, -0.2) is 44.6 Å². The van der Waals surface area contributed by atoms with Gasteiger partial charge < -0.3 is 14.8 Å². The van der Waals surface area contributed by atoms with Crippen LogP contribution in [0, 0.1) is 5.92 Å². The Morgan fingerprint density at radius 3 is 2.71 bits per heavy atom. The van der Waals surface area contributed by atoms with E-state index in [0.29, 0.717) is 17.4 Å². The minimum atomic E-state index is 0.141. The van der Waals surface area contributed by atoms with E-state index in [2.05, 4.69) is 29.3 Å². The molecule has 164 valence electrons. The lowest BCUT2D eigenvalue weighted by Crippen LogP contribution is -2.53. The number of benzene rings is 2. The summed E-state index contributed by atoms with van der Waals surface area (Å²) < 4.78 is 11.2. The molecule has 0 spiro atoms. The summed E-state index contributed by atoms with van der Waals surface area (Å²) in [5.74, 6) is 1.83. The molecule has 1 saturated heterocycles. The maximum atomic E-state index is 11.7. The maximum absolute atomic E-state index is 11.7. The van der Waals surface area contributed by atoms with Crippen molar-refractivity contribution < 1.29 is 14.3 Å². The van der Waals surface area contributed by atoms with Crippen LogP contribution in [0.3, 0.4) is 0 Å². The van der Waals surface area contributed by atoms with Crippen LogP contribution in [0.25, 0.3) is 5.57 Å². The van der Waals surface area contributed by atoms with Crippen molar-refractivity contribution in [1.29, 1.82) is 0 Å². The third-order valence-corrected chi connectivity index (χ3v) is 6.61. The Morgan fingerprint density at radius 1 is 1.19 bits per heavy atom. The van der Waals surface area contributed by atoms with Crippen LogP contribution >= 0.6 is 11.6 Å². The van der Waals surface area contributed by atoms with Crippen LogP contribution in [-0.2, 0) is 17.8 Å². The molecule has 1 amide bonds. The molecule has 1 aliphatic heterocycles. The Morgan fingerprint density at radius 2 is 2.00 bits per heavy atom. The first kappa shape index (κ1) is 21.7. The highest BCUT2D eigenvalue weighted by molar-refractivity contribution is 6.32. The summed E-state index contributed by atoms with van der Waals surface area (Å²) in [6, 6.07) is 12.1. The molecular formula is C25H29ClN2O3. The Hall–Kier alpha value is -2.50. The van der Waals surface area contributed by atoms with Crippen molar-refractivity contribution >= 4 is 23.1 Å². The van der Waals surface area contributed by atoms with Crippen LogP contribution in [0.4, 0.5) is 0 Å². The molecule has 1 N–H and O–H groups in total. The van der Waals surface area contributed by atoms with Crippen LogP contribution in [0.5, 0.6) is 11.5 Å². The standard InChI is InChI=1S/C25H29ClN2O3/c1-16-19(12-28-13-20(14-28)25(29)27-2)6-5-18-11-21(7-8-22(16)18)31-15-17-4-9-24(30-3)23(26)10-17/h4,7-11,20H,5-6,12-15H2,1-3H3,(H,27,29). The molecule has 4 rings (SSSR count). The molecule has 2 aliphatic rings. The molecule has 5 nitrogen and oxygen atoms in total. The van der Waals surface area contributed by atoms with E-state index in [1.165, 1.54) is 22.3 Å². The van der Waals surface area contributed by atoms with Crippen molar-refractivity contribution in [2.45, 2.75) is 26.4 Å². The predicted octanol–water partition coefficient (Wildman–Crippen LogP) is 4.33. The highest BCUT2D eigenvalue weighted by atomic mass is 35.5. The molecular weight excluding hydrogens is 412 g/mol. The van der Waals surface area contributed by atoms with Crippen LogP contribution in [0.2, 0.25) is 5.02 Å². The number of nitrogens with zero attached hydrogens (tertiary/aromatic N) is 1. The Kier molecular flexibility index (Phi) is 6.54. The molecule has 0 radical (unpaired) electrons. The predicted molar refractivity (Wildman–Crippen MR) is 124 cm³/mol. The van der Waals surface area contributed by atoms with Gasteiger partial charge in [0.2, 0.25) is 5.91 Å². The molecule has 31 heavy (non-hydrogen) atoms. The third kappa shape index (κ3) is 4.73. The number of rotatable bonds is 7. The molecule has 2 aromatic carbocycles. The Bertz CT molecular complexity index is 1010. The van der Waals surface area contributed by atoms with Crippen molar-refractivity contribution in [1.82, 2.24) is 10.2 Å². The summed E-state index contributed by atoms with van der Waals surface area (Å²) in [6.07, 6.45) is 2.07. The van der Waals surface area contributed by atoms with Gasteiger partial charge in [0.05, 0.1) is 18.1 Å². The van der Waals surface area contributed by atoms with E-state index >= 15 is 0 Å². The first-order chi connectivity index (χ1) is 15.0. The molecule has 0 saturated carbocycles. The van der Waals surface area contributed by atoms with E-state index < -0.39 is 0 Å². The zero-order chi connectivity index (χ0) is 22.0. The lowest BCUT2D eigenvalue weighted by atomic mass is 9.85. The highest BCUT2D eigenvalue weighted by Crippen LogP contribution is 2.35. The monoisotopic (exact) mass is 440 g/mol. The number of nitrogens with one attached hydrogen (secondary N) is 1. The van der Waals surface area contributed by atoms with Crippen LogP contribution < -0.4 is 14.8 Å². The number of amides is 1. The number of carbonyl (C=O) groups excluding carboxylic acids is 1. The minimum absolute atomic E-state index is 0.141. The number of likely N-dealkylation sites (tertiary alicyclic amines) is 1. The van der Waals surface area contributed by atoms with Gasteiger partial charge in [0.15, 0.2) is 0 Å². The van der Waals surface area contributed by atoms with Gasteiger partial charge in [-0.1, -0.05) is 29.3 Å². The molecule has 2 aromatic rings. The van der Waals surface area contributed by atoms with Gasteiger partial charge in [0.25, 0.3) is 0 Å². The summed E-state index contributed by atoms with van der Waals surface area (Å²) in [4.78, 5) is 14.1. The average Bonchev–Trinajstić information content (AvgIpc) is 2.75. The van der Waals surface area contributed by atoms with E-state index in [1.807, 2.05) is 24.3 Å². The molecule has 1 fully saturated rings. The zero-order valence-electron chi connectivity index (χ0n) is 18.3. The van der Waals surface area contributed by atoms with E-state index in [0.717, 1.165) is 43.8 Å². The summed E-state index contributed by atoms with van der Waals surface area (Å²) in [6.45, 7) is 5.33. The Balaban J connectivity index is 1.38. The van der Waals surface area contributed by atoms with Gasteiger partial charge in [-0.2, -0.15) is 0 Å². The molecule has 0 bridgehead atoms. The van der Waals surface area contributed by atoms with Gasteiger partial charge in [-0.25, -0.2) is 0 Å². The quantitative estimate of drug-likeness (QED) is 0.696. The summed E-state index contributed by atoms with van der Waals surface area (Å²) in [7, 11) is 3.32. The van der Waals surface area contributed by atoms with Gasteiger partial charge in [-0.3, -0.25) is 9.69 Å². The lowest BCUT2D eigenvalue weighted by Gasteiger charge is -2.39. The molecule has 1 aliphatic carbocycles. The van der Waals surface area contributed by atoms with Gasteiger partial charge in [0, 0.05) is 26.7 Å². The second kappa shape index (κ2) is 9.33.